The fraction of sp³-hybridized carbons (Fsp3) is 0.167. The highest BCUT2D eigenvalue weighted by Crippen LogP contribution is 1.99. The Morgan fingerprint density at radius 1 is 1.31 bits per heavy atom. The Morgan fingerprint density at radius 3 is 2.75 bits per heavy atom. The zero-order valence-electron chi connectivity index (χ0n) is 8.95. The van der Waals surface area contributed by atoms with E-state index in [9.17, 15) is 0 Å². The van der Waals surface area contributed by atoms with E-state index in [1.54, 1.807) is 6.21 Å². The van der Waals surface area contributed by atoms with E-state index in [0.717, 1.165) is 5.56 Å². The molecule has 0 aliphatic heterocycles. The van der Waals surface area contributed by atoms with Crippen molar-refractivity contribution in [1.82, 2.24) is 0 Å². The molecule has 0 unspecified atom stereocenters. The predicted octanol–water partition coefficient (Wildman–Crippen LogP) is 1.91. The van der Waals surface area contributed by atoms with Gasteiger partial charge in [0.15, 0.2) is 0 Å². The Labute approximate surface area is 94.8 Å². The van der Waals surface area contributed by atoms with E-state index in [1.165, 1.54) is 0 Å². The molecule has 0 saturated heterocycles. The minimum absolute atomic E-state index is 0.198. The van der Waals surface area contributed by atoms with Crippen molar-refractivity contribution in [2.45, 2.75) is 6.42 Å². The Hall–Kier alpha value is -2.10. The van der Waals surface area contributed by atoms with Gasteiger partial charge in [-0.25, -0.2) is 0 Å². The molecule has 0 atom stereocenters. The van der Waals surface area contributed by atoms with Crippen molar-refractivity contribution in [2.75, 3.05) is 6.54 Å². The Bertz CT molecular complexity index is 383. The van der Waals surface area contributed by atoms with Crippen LogP contribution in [-0.2, 0) is 0 Å². The van der Waals surface area contributed by atoms with Crippen LogP contribution in [0.5, 0.6) is 0 Å². The molecule has 1 aromatic carbocycles. The van der Waals surface area contributed by atoms with Crippen LogP contribution in [0.25, 0.3) is 6.08 Å². The molecule has 1 aromatic rings. The largest absolute Gasteiger partial charge is 0.409 e. The minimum atomic E-state index is 0.198. The molecule has 0 spiro atoms. The molecule has 0 aromatic heterocycles. The van der Waals surface area contributed by atoms with Crippen LogP contribution in [0, 0.1) is 0 Å². The number of hydrogen-bond acceptors (Lipinski definition) is 3. The average Bonchev–Trinajstić information content (AvgIpc) is 2.34. The monoisotopic (exact) mass is 217 g/mol. The van der Waals surface area contributed by atoms with Gasteiger partial charge in [0.05, 0.1) is 0 Å². The molecule has 0 bridgehead atoms. The van der Waals surface area contributed by atoms with Crippen LogP contribution in [0.15, 0.2) is 46.6 Å². The van der Waals surface area contributed by atoms with E-state index in [-0.39, 0.29) is 5.84 Å². The average molecular weight is 217 g/mol. The number of benzene rings is 1. The maximum Gasteiger partial charge on any atom is 0.140 e. The molecule has 16 heavy (non-hydrogen) atoms. The summed E-state index contributed by atoms with van der Waals surface area (Å²) in [5.74, 6) is 0.198. The third kappa shape index (κ3) is 4.95. The molecule has 0 amide bonds. The SMILES string of the molecule is N/C(CCN=CC=Cc1ccccc1)=N\O. The summed E-state index contributed by atoms with van der Waals surface area (Å²) in [5, 5.41) is 11.1. The summed E-state index contributed by atoms with van der Waals surface area (Å²) >= 11 is 0. The molecule has 4 heteroatoms. The molecular weight excluding hydrogens is 202 g/mol. The van der Waals surface area contributed by atoms with E-state index < -0.39 is 0 Å². The lowest BCUT2D eigenvalue weighted by Gasteiger charge is -1.91. The number of allylic oxidation sites excluding steroid dienone is 1. The summed E-state index contributed by atoms with van der Waals surface area (Å²) < 4.78 is 0. The number of nitrogens with two attached hydrogens (primary N) is 1. The molecule has 0 aliphatic carbocycles. The third-order valence-corrected chi connectivity index (χ3v) is 1.91. The van der Waals surface area contributed by atoms with Crippen LogP contribution < -0.4 is 5.73 Å². The lowest BCUT2D eigenvalue weighted by molar-refractivity contribution is 0.317. The second kappa shape index (κ2) is 7.23. The quantitative estimate of drug-likeness (QED) is 0.342. The fourth-order valence-corrected chi connectivity index (χ4v) is 1.08. The van der Waals surface area contributed by atoms with Crippen molar-refractivity contribution >= 4 is 18.1 Å². The normalized spacial score (nSPS) is 12.6. The zero-order chi connectivity index (χ0) is 11.6. The van der Waals surface area contributed by atoms with Gasteiger partial charge in [-0.2, -0.15) is 0 Å². The fourth-order valence-electron chi connectivity index (χ4n) is 1.08. The highest BCUT2D eigenvalue weighted by atomic mass is 16.4. The standard InChI is InChI=1S/C12H15N3O/c13-12(15-16)8-10-14-9-4-7-11-5-2-1-3-6-11/h1-7,9,16H,8,10H2,(H2,13,15). The molecule has 84 valence electrons. The van der Waals surface area contributed by atoms with Gasteiger partial charge >= 0.3 is 0 Å². The maximum atomic E-state index is 8.28. The summed E-state index contributed by atoms with van der Waals surface area (Å²) in [6, 6.07) is 9.97. The maximum absolute atomic E-state index is 8.28. The summed E-state index contributed by atoms with van der Waals surface area (Å²) in [4.78, 5) is 4.09. The van der Waals surface area contributed by atoms with Crippen molar-refractivity contribution in [3.05, 3.63) is 42.0 Å². The number of amidine groups is 1. The van der Waals surface area contributed by atoms with Crippen LogP contribution in [0.2, 0.25) is 0 Å². The number of nitrogens with zero attached hydrogens (tertiary/aromatic N) is 2. The van der Waals surface area contributed by atoms with Crippen LogP contribution >= 0.6 is 0 Å². The van der Waals surface area contributed by atoms with Crippen molar-refractivity contribution < 1.29 is 5.21 Å². The van der Waals surface area contributed by atoms with E-state index >= 15 is 0 Å². The van der Waals surface area contributed by atoms with Crippen molar-refractivity contribution in [3.63, 3.8) is 0 Å². The first-order chi connectivity index (χ1) is 7.83. The Morgan fingerprint density at radius 2 is 2.06 bits per heavy atom. The Kier molecular flexibility index (Phi) is 5.41. The van der Waals surface area contributed by atoms with Gasteiger partial charge in [-0.15, -0.1) is 0 Å². The van der Waals surface area contributed by atoms with Gasteiger partial charge in [0.1, 0.15) is 5.84 Å². The first-order valence-electron chi connectivity index (χ1n) is 5.01. The van der Waals surface area contributed by atoms with Gasteiger partial charge in [-0.05, 0) is 11.6 Å². The highest BCUT2D eigenvalue weighted by Gasteiger charge is 1.88. The van der Waals surface area contributed by atoms with Crippen LogP contribution in [0.3, 0.4) is 0 Å². The second-order valence-electron chi connectivity index (χ2n) is 3.17. The van der Waals surface area contributed by atoms with Gasteiger partial charge in [-0.3, -0.25) is 4.99 Å². The number of rotatable bonds is 5. The molecule has 0 heterocycles. The number of hydrogen-bond donors (Lipinski definition) is 2. The Balaban J connectivity index is 2.29. The topological polar surface area (TPSA) is 71.0 Å². The molecule has 4 nitrogen and oxygen atoms in total. The second-order valence-corrected chi connectivity index (χ2v) is 3.17. The van der Waals surface area contributed by atoms with Gasteiger partial charge in [0, 0.05) is 19.2 Å². The van der Waals surface area contributed by atoms with Crippen molar-refractivity contribution in [1.29, 1.82) is 0 Å². The van der Waals surface area contributed by atoms with E-state index in [2.05, 4.69) is 10.1 Å². The van der Waals surface area contributed by atoms with Gasteiger partial charge < -0.3 is 10.9 Å². The van der Waals surface area contributed by atoms with Gasteiger partial charge in [-0.1, -0.05) is 41.6 Å². The first-order valence-corrected chi connectivity index (χ1v) is 5.01. The van der Waals surface area contributed by atoms with Crippen molar-refractivity contribution in [3.8, 4) is 0 Å². The van der Waals surface area contributed by atoms with E-state index in [4.69, 9.17) is 10.9 Å². The lowest BCUT2D eigenvalue weighted by atomic mass is 10.2. The molecule has 0 radical (unpaired) electrons. The highest BCUT2D eigenvalue weighted by molar-refractivity contribution is 5.81. The summed E-state index contributed by atoms with van der Waals surface area (Å²) in [6.07, 6.45) is 6.00. The third-order valence-electron chi connectivity index (χ3n) is 1.91. The van der Waals surface area contributed by atoms with Crippen LogP contribution in [0.4, 0.5) is 0 Å². The van der Waals surface area contributed by atoms with Gasteiger partial charge in [0.25, 0.3) is 0 Å². The molecular formula is C12H15N3O. The summed E-state index contributed by atoms with van der Waals surface area (Å²) in [6.45, 7) is 0.523. The summed E-state index contributed by atoms with van der Waals surface area (Å²) in [7, 11) is 0. The first kappa shape index (κ1) is 12.0. The zero-order valence-corrected chi connectivity index (χ0v) is 8.95. The van der Waals surface area contributed by atoms with Crippen LogP contribution in [0.1, 0.15) is 12.0 Å². The van der Waals surface area contributed by atoms with E-state index in [1.807, 2.05) is 42.5 Å². The number of oxime groups is 1. The van der Waals surface area contributed by atoms with E-state index in [0.29, 0.717) is 13.0 Å². The predicted molar refractivity (Wildman–Crippen MR) is 66.9 cm³/mol. The van der Waals surface area contributed by atoms with Crippen LogP contribution in [-0.4, -0.2) is 23.8 Å². The minimum Gasteiger partial charge on any atom is -0.409 e. The molecule has 1 rings (SSSR count). The number of aliphatic imine (C=N–C) groups is 1. The molecule has 0 aliphatic rings. The molecule has 0 saturated carbocycles. The smallest absolute Gasteiger partial charge is 0.140 e. The molecule has 3 N–H and O–H groups in total. The summed E-state index contributed by atoms with van der Waals surface area (Å²) in [5.41, 5.74) is 6.42. The lowest BCUT2D eigenvalue weighted by Crippen LogP contribution is -2.12. The molecule has 0 fully saturated rings. The van der Waals surface area contributed by atoms with Gasteiger partial charge in [0.2, 0.25) is 0 Å². The van der Waals surface area contributed by atoms with Crippen molar-refractivity contribution in [2.24, 2.45) is 15.9 Å².